The number of carbonyl (C=O) groups excluding carboxylic acids is 1. The summed E-state index contributed by atoms with van der Waals surface area (Å²) in [6.45, 7) is 1.67. The normalized spacial score (nSPS) is 14.6. The average molecular weight is 271 g/mol. The van der Waals surface area contributed by atoms with E-state index < -0.39 is 0 Å². The molecule has 0 aliphatic carbocycles. The largest absolute Gasteiger partial charge is 0.496 e. The van der Waals surface area contributed by atoms with Gasteiger partial charge in [0, 0.05) is 18.7 Å². The zero-order valence-corrected chi connectivity index (χ0v) is 11.4. The van der Waals surface area contributed by atoms with E-state index in [0.29, 0.717) is 5.69 Å². The number of H-pyrrole nitrogens is 1. The standard InChI is InChI=1S/C15H17N3O2/c1-20-14-7-3-2-6-11(14)12-10-13(17-16-12)15(19)18-8-4-5-9-18/h2-3,6-7,10H,4-5,8-9H2,1H3,(H,16,17). The fraction of sp³-hybridized carbons (Fsp3) is 0.333. The van der Waals surface area contributed by atoms with Gasteiger partial charge in [0.2, 0.25) is 0 Å². The number of benzene rings is 1. The molecule has 0 unspecified atom stereocenters. The number of likely N-dealkylation sites (tertiary alicyclic amines) is 1. The summed E-state index contributed by atoms with van der Waals surface area (Å²) in [6, 6.07) is 9.43. The molecule has 0 radical (unpaired) electrons. The van der Waals surface area contributed by atoms with Crippen LogP contribution in [-0.4, -0.2) is 41.2 Å². The van der Waals surface area contributed by atoms with Gasteiger partial charge in [-0.3, -0.25) is 9.89 Å². The van der Waals surface area contributed by atoms with Crippen LogP contribution < -0.4 is 4.74 Å². The summed E-state index contributed by atoms with van der Waals surface area (Å²) in [6.07, 6.45) is 2.17. The maximum atomic E-state index is 12.3. The van der Waals surface area contributed by atoms with Gasteiger partial charge < -0.3 is 9.64 Å². The van der Waals surface area contributed by atoms with E-state index >= 15 is 0 Å². The predicted octanol–water partition coefficient (Wildman–Crippen LogP) is 2.32. The van der Waals surface area contributed by atoms with Gasteiger partial charge in [-0.15, -0.1) is 0 Å². The van der Waals surface area contributed by atoms with E-state index in [0.717, 1.165) is 42.9 Å². The molecule has 1 saturated heterocycles. The Balaban J connectivity index is 1.88. The number of amides is 1. The number of hydrogen-bond donors (Lipinski definition) is 1. The number of carbonyl (C=O) groups is 1. The van der Waals surface area contributed by atoms with Crippen LogP contribution in [-0.2, 0) is 0 Å². The summed E-state index contributed by atoms with van der Waals surface area (Å²) < 4.78 is 5.32. The Labute approximate surface area is 117 Å². The van der Waals surface area contributed by atoms with Gasteiger partial charge in [0.15, 0.2) is 0 Å². The minimum Gasteiger partial charge on any atom is -0.496 e. The Hall–Kier alpha value is -2.30. The molecule has 104 valence electrons. The molecule has 1 aromatic heterocycles. The summed E-state index contributed by atoms with van der Waals surface area (Å²) in [5.41, 5.74) is 2.14. The highest BCUT2D eigenvalue weighted by atomic mass is 16.5. The molecule has 5 nitrogen and oxygen atoms in total. The molecular formula is C15H17N3O2. The Kier molecular flexibility index (Phi) is 3.41. The Bertz CT molecular complexity index is 615. The van der Waals surface area contributed by atoms with E-state index in [1.54, 1.807) is 13.2 Å². The van der Waals surface area contributed by atoms with Crippen molar-refractivity contribution in [3.05, 3.63) is 36.0 Å². The minimum absolute atomic E-state index is 0.0242. The van der Waals surface area contributed by atoms with Crippen LogP contribution in [0.3, 0.4) is 0 Å². The lowest BCUT2D eigenvalue weighted by molar-refractivity contribution is 0.0787. The Morgan fingerprint density at radius 1 is 1.30 bits per heavy atom. The molecule has 0 bridgehead atoms. The van der Waals surface area contributed by atoms with Crippen LogP contribution in [0.25, 0.3) is 11.3 Å². The molecule has 0 saturated carbocycles. The van der Waals surface area contributed by atoms with E-state index in [9.17, 15) is 4.79 Å². The number of aromatic nitrogens is 2. The third-order valence-corrected chi connectivity index (χ3v) is 3.58. The van der Waals surface area contributed by atoms with Gasteiger partial charge in [-0.1, -0.05) is 12.1 Å². The fourth-order valence-corrected chi connectivity index (χ4v) is 2.52. The van der Waals surface area contributed by atoms with Crippen molar-refractivity contribution in [3.63, 3.8) is 0 Å². The SMILES string of the molecule is COc1ccccc1-c1cc(C(=O)N2CCCC2)[nH]n1. The van der Waals surface area contributed by atoms with Crippen molar-refractivity contribution in [2.75, 3.05) is 20.2 Å². The lowest BCUT2D eigenvalue weighted by Crippen LogP contribution is -2.27. The topological polar surface area (TPSA) is 58.2 Å². The Morgan fingerprint density at radius 3 is 2.80 bits per heavy atom. The van der Waals surface area contributed by atoms with Crippen LogP contribution in [0, 0.1) is 0 Å². The second-order valence-corrected chi connectivity index (χ2v) is 4.87. The molecule has 3 rings (SSSR count). The van der Waals surface area contributed by atoms with E-state index in [4.69, 9.17) is 4.74 Å². The number of methoxy groups -OCH3 is 1. The first kappa shape index (κ1) is 12.7. The maximum Gasteiger partial charge on any atom is 0.271 e. The maximum absolute atomic E-state index is 12.3. The third-order valence-electron chi connectivity index (χ3n) is 3.58. The van der Waals surface area contributed by atoms with Crippen molar-refractivity contribution < 1.29 is 9.53 Å². The van der Waals surface area contributed by atoms with E-state index in [1.807, 2.05) is 29.2 Å². The lowest BCUT2D eigenvalue weighted by atomic mass is 10.1. The lowest BCUT2D eigenvalue weighted by Gasteiger charge is -2.12. The van der Waals surface area contributed by atoms with Gasteiger partial charge in [-0.05, 0) is 31.0 Å². The smallest absolute Gasteiger partial charge is 0.271 e. The number of rotatable bonds is 3. The summed E-state index contributed by atoms with van der Waals surface area (Å²) in [5.74, 6) is 0.773. The highest BCUT2D eigenvalue weighted by Gasteiger charge is 2.21. The van der Waals surface area contributed by atoms with Crippen LogP contribution in [0.2, 0.25) is 0 Å². The van der Waals surface area contributed by atoms with Gasteiger partial charge >= 0.3 is 0 Å². The number of aromatic amines is 1. The van der Waals surface area contributed by atoms with E-state index in [1.165, 1.54) is 0 Å². The molecule has 20 heavy (non-hydrogen) atoms. The first-order chi connectivity index (χ1) is 9.79. The molecule has 1 amide bonds. The van der Waals surface area contributed by atoms with Crippen LogP contribution >= 0.6 is 0 Å². The van der Waals surface area contributed by atoms with Crippen molar-refractivity contribution in [1.82, 2.24) is 15.1 Å². The van der Waals surface area contributed by atoms with Gasteiger partial charge in [-0.2, -0.15) is 5.10 Å². The molecule has 5 heteroatoms. The molecule has 0 atom stereocenters. The Morgan fingerprint density at radius 2 is 2.05 bits per heavy atom. The van der Waals surface area contributed by atoms with Crippen LogP contribution in [0.1, 0.15) is 23.3 Å². The first-order valence-corrected chi connectivity index (χ1v) is 6.77. The highest BCUT2D eigenvalue weighted by molar-refractivity contribution is 5.93. The van der Waals surface area contributed by atoms with Crippen molar-refractivity contribution in [2.45, 2.75) is 12.8 Å². The summed E-state index contributed by atoms with van der Waals surface area (Å²) in [7, 11) is 1.63. The second kappa shape index (κ2) is 5.36. The number of ether oxygens (including phenoxy) is 1. The molecule has 1 aliphatic heterocycles. The van der Waals surface area contributed by atoms with Crippen molar-refractivity contribution in [1.29, 1.82) is 0 Å². The quantitative estimate of drug-likeness (QED) is 0.932. The predicted molar refractivity (Wildman–Crippen MR) is 75.7 cm³/mol. The minimum atomic E-state index is 0.0242. The molecule has 0 spiro atoms. The van der Waals surface area contributed by atoms with E-state index in [-0.39, 0.29) is 5.91 Å². The van der Waals surface area contributed by atoms with Crippen molar-refractivity contribution >= 4 is 5.91 Å². The molecule has 1 aromatic carbocycles. The summed E-state index contributed by atoms with van der Waals surface area (Å²) in [5, 5.41) is 7.07. The first-order valence-electron chi connectivity index (χ1n) is 6.77. The number of hydrogen-bond acceptors (Lipinski definition) is 3. The van der Waals surface area contributed by atoms with Crippen LogP contribution in [0.15, 0.2) is 30.3 Å². The molecule has 1 fully saturated rings. The fourth-order valence-electron chi connectivity index (χ4n) is 2.52. The van der Waals surface area contributed by atoms with Crippen molar-refractivity contribution in [2.24, 2.45) is 0 Å². The third kappa shape index (κ3) is 2.27. The zero-order chi connectivity index (χ0) is 13.9. The monoisotopic (exact) mass is 271 g/mol. The number of nitrogens with one attached hydrogen (secondary N) is 1. The number of nitrogens with zero attached hydrogens (tertiary/aromatic N) is 2. The van der Waals surface area contributed by atoms with Crippen molar-refractivity contribution in [3.8, 4) is 17.0 Å². The molecule has 2 heterocycles. The molecule has 1 N–H and O–H groups in total. The van der Waals surface area contributed by atoms with Crippen LogP contribution in [0.5, 0.6) is 5.75 Å². The van der Waals surface area contributed by atoms with Gasteiger partial charge in [-0.25, -0.2) is 0 Å². The summed E-state index contributed by atoms with van der Waals surface area (Å²) >= 11 is 0. The molecular weight excluding hydrogens is 254 g/mol. The average Bonchev–Trinajstić information content (AvgIpc) is 3.18. The van der Waals surface area contributed by atoms with Gasteiger partial charge in [0.25, 0.3) is 5.91 Å². The molecule has 2 aromatic rings. The zero-order valence-electron chi connectivity index (χ0n) is 11.4. The molecule has 1 aliphatic rings. The second-order valence-electron chi connectivity index (χ2n) is 4.87. The van der Waals surface area contributed by atoms with Gasteiger partial charge in [0.05, 0.1) is 12.8 Å². The number of para-hydroxylation sites is 1. The summed E-state index contributed by atoms with van der Waals surface area (Å²) in [4.78, 5) is 14.1. The van der Waals surface area contributed by atoms with Gasteiger partial charge in [0.1, 0.15) is 11.4 Å². The van der Waals surface area contributed by atoms with E-state index in [2.05, 4.69) is 10.2 Å². The highest BCUT2D eigenvalue weighted by Crippen LogP contribution is 2.28. The van der Waals surface area contributed by atoms with Crippen LogP contribution in [0.4, 0.5) is 0 Å².